The normalized spacial score (nSPS) is 11.0. The number of H-pyrrole nitrogens is 1. The van der Waals surface area contributed by atoms with Gasteiger partial charge >= 0.3 is 0 Å². The van der Waals surface area contributed by atoms with Crippen molar-refractivity contribution in [3.8, 4) is 0 Å². The van der Waals surface area contributed by atoms with E-state index in [4.69, 9.17) is 4.74 Å². The number of aromatic amines is 1. The largest absolute Gasteiger partial charge is 0.384 e. The molecule has 1 heterocycles. The van der Waals surface area contributed by atoms with Crippen LogP contribution in [-0.2, 0) is 11.2 Å². The SMILES string of the molecule is COCCSc1ccccc1C(=O)NCCc1c[nH]c2ccc(C)cc12. The highest BCUT2D eigenvalue weighted by Gasteiger charge is 2.11. The Morgan fingerprint density at radius 1 is 1.23 bits per heavy atom. The molecule has 0 unspecified atom stereocenters. The molecule has 0 spiro atoms. The van der Waals surface area contributed by atoms with Crippen LogP contribution >= 0.6 is 11.8 Å². The fourth-order valence-electron chi connectivity index (χ4n) is 2.92. The lowest BCUT2D eigenvalue weighted by Gasteiger charge is -2.10. The Hall–Kier alpha value is -2.24. The molecular weight excluding hydrogens is 344 g/mol. The van der Waals surface area contributed by atoms with Crippen LogP contribution in [0.5, 0.6) is 0 Å². The first-order valence-corrected chi connectivity index (χ1v) is 9.73. The molecule has 1 aromatic heterocycles. The topological polar surface area (TPSA) is 54.1 Å². The maximum absolute atomic E-state index is 12.6. The molecule has 2 aromatic carbocycles. The first-order chi connectivity index (χ1) is 12.7. The van der Waals surface area contributed by atoms with Gasteiger partial charge in [0.2, 0.25) is 0 Å². The summed E-state index contributed by atoms with van der Waals surface area (Å²) in [4.78, 5) is 16.9. The summed E-state index contributed by atoms with van der Waals surface area (Å²) in [6.45, 7) is 3.37. The number of hydrogen-bond acceptors (Lipinski definition) is 3. The second kappa shape index (κ2) is 8.92. The van der Waals surface area contributed by atoms with Crippen molar-refractivity contribution in [1.82, 2.24) is 10.3 Å². The Labute approximate surface area is 158 Å². The van der Waals surface area contributed by atoms with Gasteiger partial charge in [-0.15, -0.1) is 11.8 Å². The Balaban J connectivity index is 1.61. The smallest absolute Gasteiger partial charge is 0.252 e. The first-order valence-electron chi connectivity index (χ1n) is 8.74. The van der Waals surface area contributed by atoms with E-state index in [9.17, 15) is 4.79 Å². The van der Waals surface area contributed by atoms with Gasteiger partial charge in [-0.2, -0.15) is 0 Å². The summed E-state index contributed by atoms with van der Waals surface area (Å²) in [5, 5.41) is 4.28. The number of rotatable bonds is 8. The molecule has 1 amide bonds. The van der Waals surface area contributed by atoms with Crippen molar-refractivity contribution in [2.24, 2.45) is 0 Å². The van der Waals surface area contributed by atoms with Crippen LogP contribution in [0.2, 0.25) is 0 Å². The molecule has 3 aromatic rings. The Kier molecular flexibility index (Phi) is 6.36. The maximum atomic E-state index is 12.6. The van der Waals surface area contributed by atoms with Crippen LogP contribution in [0.25, 0.3) is 10.9 Å². The minimum atomic E-state index is -0.0264. The van der Waals surface area contributed by atoms with Crippen molar-refractivity contribution in [2.45, 2.75) is 18.2 Å². The van der Waals surface area contributed by atoms with E-state index in [1.165, 1.54) is 16.5 Å². The van der Waals surface area contributed by atoms with Gasteiger partial charge in [-0.25, -0.2) is 0 Å². The number of ether oxygens (including phenoxy) is 1. The summed E-state index contributed by atoms with van der Waals surface area (Å²) < 4.78 is 5.09. The molecule has 0 fully saturated rings. The van der Waals surface area contributed by atoms with Crippen molar-refractivity contribution in [1.29, 1.82) is 0 Å². The van der Waals surface area contributed by atoms with Crippen molar-refractivity contribution in [3.05, 3.63) is 65.4 Å². The number of methoxy groups -OCH3 is 1. The fraction of sp³-hybridized carbons (Fsp3) is 0.286. The maximum Gasteiger partial charge on any atom is 0.252 e. The molecule has 4 nitrogen and oxygen atoms in total. The summed E-state index contributed by atoms with van der Waals surface area (Å²) in [6.07, 6.45) is 2.83. The average molecular weight is 369 g/mol. The average Bonchev–Trinajstić information content (AvgIpc) is 3.04. The van der Waals surface area contributed by atoms with Crippen molar-refractivity contribution in [2.75, 3.05) is 26.0 Å². The van der Waals surface area contributed by atoms with Gasteiger partial charge in [-0.1, -0.05) is 23.8 Å². The minimum absolute atomic E-state index is 0.0264. The molecular formula is C21H24N2O2S. The van der Waals surface area contributed by atoms with Crippen molar-refractivity contribution in [3.63, 3.8) is 0 Å². The number of aromatic nitrogens is 1. The standard InChI is InChI=1S/C21H24N2O2S/c1-15-7-8-19-18(13-15)16(14-23-19)9-10-22-21(24)17-5-3-4-6-20(17)26-12-11-25-2/h3-8,13-14,23H,9-12H2,1-2H3,(H,22,24). The minimum Gasteiger partial charge on any atom is -0.384 e. The lowest BCUT2D eigenvalue weighted by Crippen LogP contribution is -2.26. The van der Waals surface area contributed by atoms with E-state index >= 15 is 0 Å². The highest BCUT2D eigenvalue weighted by Crippen LogP contribution is 2.23. The highest BCUT2D eigenvalue weighted by molar-refractivity contribution is 7.99. The Morgan fingerprint density at radius 3 is 2.92 bits per heavy atom. The molecule has 0 aliphatic carbocycles. The van der Waals surface area contributed by atoms with Gasteiger partial charge in [-0.05, 0) is 43.2 Å². The van der Waals surface area contributed by atoms with Crippen LogP contribution in [0, 0.1) is 6.92 Å². The van der Waals surface area contributed by atoms with E-state index in [0.29, 0.717) is 13.2 Å². The second-order valence-electron chi connectivity index (χ2n) is 6.21. The number of carbonyl (C=O) groups excluding carboxylic acids is 1. The Morgan fingerprint density at radius 2 is 2.08 bits per heavy atom. The first kappa shape index (κ1) is 18.5. The van der Waals surface area contributed by atoms with E-state index in [2.05, 4.69) is 35.4 Å². The third-order valence-electron chi connectivity index (χ3n) is 4.28. The molecule has 5 heteroatoms. The zero-order chi connectivity index (χ0) is 18.4. The zero-order valence-corrected chi connectivity index (χ0v) is 16.0. The quantitative estimate of drug-likeness (QED) is 0.463. The highest BCUT2D eigenvalue weighted by atomic mass is 32.2. The fourth-order valence-corrected chi connectivity index (χ4v) is 3.88. The summed E-state index contributed by atoms with van der Waals surface area (Å²) in [7, 11) is 1.69. The number of carbonyl (C=O) groups is 1. The van der Waals surface area contributed by atoms with E-state index in [1.54, 1.807) is 18.9 Å². The van der Waals surface area contributed by atoms with Gasteiger partial charge in [0.15, 0.2) is 0 Å². The molecule has 0 radical (unpaired) electrons. The molecule has 0 atom stereocenters. The summed E-state index contributed by atoms with van der Waals surface area (Å²) in [5.74, 6) is 0.802. The van der Waals surface area contributed by atoms with E-state index in [1.807, 2.05) is 30.5 Å². The van der Waals surface area contributed by atoms with Crippen LogP contribution in [0.3, 0.4) is 0 Å². The van der Waals surface area contributed by atoms with Crippen molar-refractivity contribution < 1.29 is 9.53 Å². The molecule has 0 saturated heterocycles. The lowest BCUT2D eigenvalue weighted by molar-refractivity contribution is 0.0951. The predicted molar refractivity (Wildman–Crippen MR) is 108 cm³/mol. The number of benzene rings is 2. The molecule has 0 aliphatic heterocycles. The number of fused-ring (bicyclic) bond motifs is 1. The van der Waals surface area contributed by atoms with Gasteiger partial charge in [-0.3, -0.25) is 4.79 Å². The molecule has 0 bridgehead atoms. The Bertz CT molecular complexity index is 889. The summed E-state index contributed by atoms with van der Waals surface area (Å²) in [6, 6.07) is 14.1. The van der Waals surface area contributed by atoms with Crippen LogP contribution < -0.4 is 5.32 Å². The molecule has 3 rings (SSSR count). The monoisotopic (exact) mass is 368 g/mol. The number of amides is 1. The molecule has 0 saturated carbocycles. The van der Waals surface area contributed by atoms with E-state index in [0.717, 1.165) is 28.1 Å². The van der Waals surface area contributed by atoms with Crippen LogP contribution in [0.1, 0.15) is 21.5 Å². The van der Waals surface area contributed by atoms with Crippen molar-refractivity contribution >= 4 is 28.6 Å². The molecule has 26 heavy (non-hydrogen) atoms. The number of nitrogens with one attached hydrogen (secondary N) is 2. The number of hydrogen-bond donors (Lipinski definition) is 2. The predicted octanol–water partition coefficient (Wildman–Crippen LogP) is 4.19. The van der Waals surface area contributed by atoms with Gasteiger partial charge in [0.05, 0.1) is 12.2 Å². The summed E-state index contributed by atoms with van der Waals surface area (Å²) in [5.41, 5.74) is 4.33. The number of aryl methyl sites for hydroxylation is 1. The van der Waals surface area contributed by atoms with Crippen LogP contribution in [0.4, 0.5) is 0 Å². The van der Waals surface area contributed by atoms with Crippen LogP contribution in [0.15, 0.2) is 53.6 Å². The third-order valence-corrected chi connectivity index (χ3v) is 5.32. The van der Waals surface area contributed by atoms with Gasteiger partial charge in [0, 0.05) is 41.4 Å². The molecule has 2 N–H and O–H groups in total. The molecule has 136 valence electrons. The third kappa shape index (κ3) is 4.48. The zero-order valence-electron chi connectivity index (χ0n) is 15.2. The van der Waals surface area contributed by atoms with E-state index in [-0.39, 0.29) is 5.91 Å². The number of thioether (sulfide) groups is 1. The summed E-state index contributed by atoms with van der Waals surface area (Å²) >= 11 is 1.64. The van der Waals surface area contributed by atoms with Crippen LogP contribution in [-0.4, -0.2) is 36.9 Å². The van der Waals surface area contributed by atoms with E-state index < -0.39 is 0 Å². The molecule has 0 aliphatic rings. The second-order valence-corrected chi connectivity index (χ2v) is 7.34. The van der Waals surface area contributed by atoms with Gasteiger partial charge in [0.25, 0.3) is 5.91 Å². The lowest BCUT2D eigenvalue weighted by atomic mass is 10.1. The van der Waals surface area contributed by atoms with Gasteiger partial charge in [0.1, 0.15) is 0 Å². The van der Waals surface area contributed by atoms with Gasteiger partial charge < -0.3 is 15.0 Å².